The van der Waals surface area contributed by atoms with Crippen molar-refractivity contribution in [3.05, 3.63) is 17.5 Å². The molecule has 0 amide bonds. The molecule has 0 saturated heterocycles. The zero-order valence-electron chi connectivity index (χ0n) is 15.5. The number of hydrogen-bond donors (Lipinski definition) is 2. The number of rotatable bonds is 7. The lowest BCUT2D eigenvalue weighted by Gasteiger charge is -2.27. The van der Waals surface area contributed by atoms with Crippen LogP contribution in [0.3, 0.4) is 0 Å². The maximum absolute atomic E-state index is 14.3. The molecular formula is C17H22F6N4O. The monoisotopic (exact) mass is 412 g/mol. The van der Waals surface area contributed by atoms with Gasteiger partial charge in [0, 0.05) is 25.0 Å². The van der Waals surface area contributed by atoms with E-state index in [1.165, 1.54) is 0 Å². The van der Waals surface area contributed by atoms with Gasteiger partial charge in [0.05, 0.1) is 5.92 Å². The molecule has 11 heteroatoms. The van der Waals surface area contributed by atoms with Gasteiger partial charge in [-0.15, -0.1) is 0 Å². The minimum atomic E-state index is -4.37. The Labute approximate surface area is 158 Å². The molecule has 0 saturated carbocycles. The first-order valence-corrected chi connectivity index (χ1v) is 8.96. The van der Waals surface area contributed by atoms with Crippen LogP contribution in [0.15, 0.2) is 5.83 Å². The van der Waals surface area contributed by atoms with Crippen LogP contribution in [0.5, 0.6) is 0 Å². The van der Waals surface area contributed by atoms with Gasteiger partial charge in [-0.2, -0.15) is 23.1 Å². The van der Waals surface area contributed by atoms with E-state index >= 15 is 0 Å². The summed E-state index contributed by atoms with van der Waals surface area (Å²) < 4.78 is 79.4. The van der Waals surface area contributed by atoms with Gasteiger partial charge in [0.2, 0.25) is 5.95 Å². The molecule has 1 aliphatic rings. The van der Waals surface area contributed by atoms with E-state index in [2.05, 4.69) is 20.3 Å². The average molecular weight is 412 g/mol. The lowest BCUT2D eigenvalue weighted by Crippen LogP contribution is -2.37. The summed E-state index contributed by atoms with van der Waals surface area (Å²) in [5.41, 5.74) is -0.287. The smallest absolute Gasteiger partial charge is 0.380 e. The number of halogens is 6. The van der Waals surface area contributed by atoms with E-state index in [4.69, 9.17) is 0 Å². The van der Waals surface area contributed by atoms with E-state index in [0.29, 0.717) is 13.0 Å². The number of anilines is 1. The molecule has 1 aliphatic carbocycles. The average Bonchev–Trinajstić information content (AvgIpc) is 2.61. The van der Waals surface area contributed by atoms with Crippen molar-refractivity contribution in [2.75, 3.05) is 11.9 Å². The SMILES string of the molecule is CCCNc1nc(CC[C@H](C)C(F)(F)F)nc(C2=C(F)[C@H](O)C(F)(F)CC2)n1. The molecule has 0 fully saturated rings. The highest BCUT2D eigenvalue weighted by Crippen LogP contribution is 2.41. The van der Waals surface area contributed by atoms with Gasteiger partial charge in [0.25, 0.3) is 5.92 Å². The number of nitrogens with zero attached hydrogens (tertiary/aromatic N) is 3. The fourth-order valence-corrected chi connectivity index (χ4v) is 2.61. The third-order valence-corrected chi connectivity index (χ3v) is 4.48. The standard InChI is InChI=1S/C17H22F6N4O/c1-3-8-24-15-26-11(5-4-9(2)17(21,22)23)25-14(27-15)10-6-7-16(19,20)13(28)12(10)18/h9,13,28H,3-8H2,1-2H3,(H,24,25,26,27)/t9-,13-/m0/s1. The van der Waals surface area contributed by atoms with Crippen LogP contribution in [0.25, 0.3) is 5.57 Å². The number of aromatic nitrogens is 3. The zero-order valence-corrected chi connectivity index (χ0v) is 15.5. The molecule has 158 valence electrons. The fourth-order valence-electron chi connectivity index (χ4n) is 2.61. The van der Waals surface area contributed by atoms with E-state index in [1.54, 1.807) is 0 Å². The van der Waals surface area contributed by atoms with Gasteiger partial charge >= 0.3 is 6.18 Å². The summed E-state index contributed by atoms with van der Waals surface area (Å²) in [5, 5.41) is 12.3. The molecule has 28 heavy (non-hydrogen) atoms. The second-order valence-electron chi connectivity index (χ2n) is 6.80. The molecule has 0 aliphatic heterocycles. The Hall–Kier alpha value is -1.91. The van der Waals surface area contributed by atoms with E-state index in [9.17, 15) is 31.4 Å². The highest BCUT2D eigenvalue weighted by atomic mass is 19.4. The summed E-state index contributed by atoms with van der Waals surface area (Å²) in [6, 6.07) is 0. The van der Waals surface area contributed by atoms with Crippen molar-refractivity contribution < 1.29 is 31.4 Å². The summed E-state index contributed by atoms with van der Waals surface area (Å²) in [6.45, 7) is 3.34. The molecule has 1 aromatic rings. The molecule has 2 rings (SSSR count). The summed E-state index contributed by atoms with van der Waals surface area (Å²) in [5.74, 6) is -6.87. The summed E-state index contributed by atoms with van der Waals surface area (Å²) >= 11 is 0. The molecular weight excluding hydrogens is 390 g/mol. The number of aryl methyl sites for hydroxylation is 1. The van der Waals surface area contributed by atoms with Crippen LogP contribution in [-0.4, -0.2) is 44.8 Å². The number of hydrogen-bond acceptors (Lipinski definition) is 5. The van der Waals surface area contributed by atoms with Crippen LogP contribution in [0, 0.1) is 5.92 Å². The summed E-state index contributed by atoms with van der Waals surface area (Å²) in [4.78, 5) is 12.0. The Morgan fingerprint density at radius 3 is 2.54 bits per heavy atom. The fraction of sp³-hybridized carbons (Fsp3) is 0.706. The second-order valence-corrected chi connectivity index (χ2v) is 6.80. The van der Waals surface area contributed by atoms with Crippen molar-refractivity contribution in [2.24, 2.45) is 5.92 Å². The van der Waals surface area contributed by atoms with E-state index < -0.39 is 42.8 Å². The van der Waals surface area contributed by atoms with Crippen LogP contribution in [0.4, 0.5) is 32.3 Å². The van der Waals surface area contributed by atoms with Crippen molar-refractivity contribution in [1.82, 2.24) is 15.0 Å². The van der Waals surface area contributed by atoms with Gasteiger partial charge in [0.15, 0.2) is 11.9 Å². The number of nitrogens with one attached hydrogen (secondary N) is 1. The van der Waals surface area contributed by atoms with Crippen LogP contribution in [0.1, 0.15) is 51.2 Å². The first-order chi connectivity index (χ1) is 13.0. The Bertz CT molecular complexity index is 722. The molecule has 1 heterocycles. The summed E-state index contributed by atoms with van der Waals surface area (Å²) in [7, 11) is 0. The van der Waals surface area contributed by atoms with Crippen LogP contribution >= 0.6 is 0 Å². The predicted octanol–water partition coefficient (Wildman–Crippen LogP) is 4.30. The van der Waals surface area contributed by atoms with Gasteiger partial charge < -0.3 is 10.4 Å². The first-order valence-electron chi connectivity index (χ1n) is 8.96. The topological polar surface area (TPSA) is 70.9 Å². The van der Waals surface area contributed by atoms with Gasteiger partial charge in [-0.1, -0.05) is 13.8 Å². The normalized spacial score (nSPS) is 21.0. The van der Waals surface area contributed by atoms with Crippen LogP contribution in [0.2, 0.25) is 0 Å². The highest BCUT2D eigenvalue weighted by Gasteiger charge is 2.46. The van der Waals surface area contributed by atoms with Crippen LogP contribution in [-0.2, 0) is 6.42 Å². The Kier molecular flexibility index (Phi) is 6.89. The maximum atomic E-state index is 14.3. The van der Waals surface area contributed by atoms with E-state index in [0.717, 1.165) is 6.92 Å². The van der Waals surface area contributed by atoms with Crippen LogP contribution < -0.4 is 5.32 Å². The molecule has 0 spiro atoms. The molecule has 1 aromatic heterocycles. The predicted molar refractivity (Wildman–Crippen MR) is 90.4 cm³/mol. The molecule has 0 radical (unpaired) electrons. The van der Waals surface area contributed by atoms with Crippen molar-refractivity contribution in [3.8, 4) is 0 Å². The lowest BCUT2D eigenvalue weighted by molar-refractivity contribution is -0.171. The highest BCUT2D eigenvalue weighted by molar-refractivity contribution is 5.65. The van der Waals surface area contributed by atoms with Gasteiger partial charge in [-0.05, 0) is 19.3 Å². The van der Waals surface area contributed by atoms with Crippen molar-refractivity contribution in [1.29, 1.82) is 0 Å². The molecule has 0 unspecified atom stereocenters. The second kappa shape index (κ2) is 8.62. The molecule has 0 bridgehead atoms. The maximum Gasteiger partial charge on any atom is 0.391 e. The minimum absolute atomic E-state index is 0.00757. The van der Waals surface area contributed by atoms with Crippen molar-refractivity contribution >= 4 is 11.5 Å². The number of alkyl halides is 5. The Morgan fingerprint density at radius 1 is 1.25 bits per heavy atom. The third-order valence-electron chi connectivity index (χ3n) is 4.48. The number of aliphatic hydroxyl groups excluding tert-OH is 1. The number of allylic oxidation sites excluding steroid dienone is 1. The molecule has 2 atom stereocenters. The van der Waals surface area contributed by atoms with Gasteiger partial charge in [-0.3, -0.25) is 0 Å². The molecule has 2 N–H and O–H groups in total. The molecule has 5 nitrogen and oxygen atoms in total. The quantitative estimate of drug-likeness (QED) is 0.654. The minimum Gasteiger partial charge on any atom is -0.380 e. The largest absolute Gasteiger partial charge is 0.391 e. The third kappa shape index (κ3) is 5.33. The van der Waals surface area contributed by atoms with Crippen molar-refractivity contribution in [3.63, 3.8) is 0 Å². The van der Waals surface area contributed by atoms with E-state index in [-0.39, 0.29) is 36.0 Å². The molecule has 0 aromatic carbocycles. The lowest BCUT2D eigenvalue weighted by atomic mass is 9.92. The Balaban J connectivity index is 2.34. The Morgan fingerprint density at radius 2 is 1.93 bits per heavy atom. The van der Waals surface area contributed by atoms with Gasteiger partial charge in [0.1, 0.15) is 11.7 Å². The van der Waals surface area contributed by atoms with Crippen molar-refractivity contribution in [2.45, 2.75) is 64.2 Å². The zero-order chi connectivity index (χ0) is 21.1. The summed E-state index contributed by atoms with van der Waals surface area (Å²) in [6.07, 6.45) is -7.91. The van der Waals surface area contributed by atoms with Gasteiger partial charge in [-0.25, -0.2) is 18.2 Å². The first kappa shape index (κ1) is 22.4. The van der Waals surface area contributed by atoms with E-state index in [1.807, 2.05) is 6.92 Å². The number of aliphatic hydroxyl groups is 1.